The van der Waals surface area contributed by atoms with E-state index in [1.807, 2.05) is 6.07 Å². The molecule has 28 heavy (non-hydrogen) atoms. The predicted molar refractivity (Wildman–Crippen MR) is 113 cm³/mol. The monoisotopic (exact) mass is 383 g/mol. The van der Waals surface area contributed by atoms with Crippen LogP contribution in [0.15, 0.2) is 35.9 Å². The number of ether oxygens (including phenoxy) is 1. The highest BCUT2D eigenvalue weighted by molar-refractivity contribution is 5.72. The Kier molecular flexibility index (Phi) is 6.17. The molecule has 2 aliphatic rings. The van der Waals surface area contributed by atoms with Gasteiger partial charge in [-0.1, -0.05) is 23.8 Å². The van der Waals surface area contributed by atoms with E-state index in [1.165, 1.54) is 12.5 Å². The molecule has 2 N–H and O–H groups in total. The quantitative estimate of drug-likeness (QED) is 0.536. The second-order valence-electron chi connectivity index (χ2n) is 8.74. The van der Waals surface area contributed by atoms with E-state index in [-0.39, 0.29) is 11.5 Å². The maximum absolute atomic E-state index is 10.9. The molecule has 0 aromatic heterocycles. The standard InChI is InChI=1S/C24H33NO3/c1-16-10-11-20-19(13-16)23-21(27)14-18(15-22(23)28-24(20,3)4)9-7-5-6-8-12-25-17(2)26/h5,7,10,14-15,19-20,27H,6,8-9,11-13H2,1-4H3,(H,25,26)/b7-5-/t19-,20-/m1/s1. The van der Waals surface area contributed by atoms with Crippen LogP contribution >= 0.6 is 0 Å². The number of hydrogen-bond acceptors (Lipinski definition) is 3. The first-order valence-corrected chi connectivity index (χ1v) is 10.4. The number of nitrogens with one attached hydrogen (secondary N) is 1. The van der Waals surface area contributed by atoms with Crippen LogP contribution in [0.5, 0.6) is 11.5 Å². The number of rotatable bonds is 6. The van der Waals surface area contributed by atoms with Gasteiger partial charge in [0.2, 0.25) is 5.91 Å². The zero-order chi connectivity index (χ0) is 20.3. The molecule has 1 aliphatic heterocycles. The van der Waals surface area contributed by atoms with E-state index in [0.717, 1.165) is 49.0 Å². The lowest BCUT2D eigenvalue weighted by Crippen LogP contribution is -2.45. The van der Waals surface area contributed by atoms with E-state index in [2.05, 4.69) is 50.4 Å². The minimum absolute atomic E-state index is 0.0160. The third-order valence-electron chi connectivity index (χ3n) is 6.01. The molecule has 1 aromatic carbocycles. The molecule has 0 saturated carbocycles. The van der Waals surface area contributed by atoms with Crippen molar-refractivity contribution in [2.45, 2.75) is 71.3 Å². The van der Waals surface area contributed by atoms with Gasteiger partial charge < -0.3 is 15.2 Å². The van der Waals surface area contributed by atoms with Crippen LogP contribution in [0.2, 0.25) is 0 Å². The number of unbranched alkanes of at least 4 members (excludes halogenated alkanes) is 1. The summed E-state index contributed by atoms with van der Waals surface area (Å²) < 4.78 is 6.37. The van der Waals surface area contributed by atoms with E-state index in [0.29, 0.717) is 24.1 Å². The van der Waals surface area contributed by atoms with Crippen molar-refractivity contribution in [3.8, 4) is 11.5 Å². The van der Waals surface area contributed by atoms with Crippen molar-refractivity contribution in [2.24, 2.45) is 5.92 Å². The van der Waals surface area contributed by atoms with E-state index in [1.54, 1.807) is 0 Å². The topological polar surface area (TPSA) is 58.6 Å². The van der Waals surface area contributed by atoms with Gasteiger partial charge in [-0.2, -0.15) is 0 Å². The molecule has 0 bridgehead atoms. The molecule has 1 heterocycles. The summed E-state index contributed by atoms with van der Waals surface area (Å²) in [4.78, 5) is 10.9. The Labute approximate surface area is 168 Å². The molecule has 1 amide bonds. The lowest BCUT2D eigenvalue weighted by molar-refractivity contribution is -0.118. The summed E-state index contributed by atoms with van der Waals surface area (Å²) in [5.41, 5.74) is 3.21. The summed E-state index contributed by atoms with van der Waals surface area (Å²) in [7, 11) is 0. The largest absolute Gasteiger partial charge is 0.508 e. The van der Waals surface area contributed by atoms with Crippen LogP contribution in [0, 0.1) is 5.92 Å². The number of hydrogen-bond donors (Lipinski definition) is 2. The number of benzene rings is 1. The number of phenols is 1. The van der Waals surface area contributed by atoms with Gasteiger partial charge in [-0.05, 0) is 70.6 Å². The fourth-order valence-corrected chi connectivity index (χ4v) is 4.56. The number of carbonyl (C=O) groups is 1. The molecular formula is C24H33NO3. The zero-order valence-corrected chi connectivity index (χ0v) is 17.5. The van der Waals surface area contributed by atoms with Crippen LogP contribution in [-0.4, -0.2) is 23.2 Å². The van der Waals surface area contributed by atoms with Gasteiger partial charge in [-0.25, -0.2) is 0 Å². The van der Waals surface area contributed by atoms with E-state index in [4.69, 9.17) is 4.74 Å². The Morgan fingerprint density at radius 2 is 2.14 bits per heavy atom. The fraction of sp³-hybridized carbons (Fsp3) is 0.542. The third-order valence-corrected chi connectivity index (χ3v) is 6.01. The lowest BCUT2D eigenvalue weighted by Gasteiger charge is -2.47. The highest BCUT2D eigenvalue weighted by Gasteiger charge is 2.45. The number of fused-ring (bicyclic) bond motifs is 3. The number of carbonyl (C=O) groups excluding carboxylic acids is 1. The van der Waals surface area contributed by atoms with Crippen LogP contribution in [0.3, 0.4) is 0 Å². The minimum Gasteiger partial charge on any atom is -0.508 e. The van der Waals surface area contributed by atoms with Gasteiger partial charge in [0.1, 0.15) is 17.1 Å². The van der Waals surface area contributed by atoms with E-state index >= 15 is 0 Å². The van der Waals surface area contributed by atoms with Gasteiger partial charge in [0.25, 0.3) is 0 Å². The molecule has 0 saturated heterocycles. The average molecular weight is 384 g/mol. The summed E-state index contributed by atoms with van der Waals surface area (Å²) in [6, 6.07) is 4.00. The van der Waals surface area contributed by atoms with Crippen molar-refractivity contribution in [3.63, 3.8) is 0 Å². The van der Waals surface area contributed by atoms with Crippen molar-refractivity contribution in [1.82, 2.24) is 5.32 Å². The Hall–Kier alpha value is -2.23. The Morgan fingerprint density at radius 3 is 2.89 bits per heavy atom. The first-order valence-electron chi connectivity index (χ1n) is 10.4. The summed E-state index contributed by atoms with van der Waals surface area (Å²) in [6.07, 6.45) is 11.2. The first-order chi connectivity index (χ1) is 13.3. The molecule has 1 aromatic rings. The summed E-state index contributed by atoms with van der Waals surface area (Å²) >= 11 is 0. The number of amides is 1. The van der Waals surface area contributed by atoms with Crippen molar-refractivity contribution >= 4 is 5.91 Å². The van der Waals surface area contributed by atoms with Crippen molar-refractivity contribution in [3.05, 3.63) is 47.1 Å². The van der Waals surface area contributed by atoms with Crippen LogP contribution in [0.25, 0.3) is 0 Å². The predicted octanol–water partition coefficient (Wildman–Crippen LogP) is 5.02. The maximum Gasteiger partial charge on any atom is 0.216 e. The van der Waals surface area contributed by atoms with Crippen LogP contribution in [0.4, 0.5) is 0 Å². The van der Waals surface area contributed by atoms with Gasteiger partial charge in [0.05, 0.1) is 0 Å². The molecule has 0 radical (unpaired) electrons. The number of allylic oxidation sites excluding steroid dienone is 4. The van der Waals surface area contributed by atoms with Gasteiger partial charge in [-0.15, -0.1) is 0 Å². The molecule has 0 fully saturated rings. The van der Waals surface area contributed by atoms with Crippen LogP contribution < -0.4 is 10.1 Å². The molecule has 1 aliphatic carbocycles. The van der Waals surface area contributed by atoms with Crippen molar-refractivity contribution < 1.29 is 14.6 Å². The van der Waals surface area contributed by atoms with Gasteiger partial charge in [0.15, 0.2) is 0 Å². The highest BCUT2D eigenvalue weighted by atomic mass is 16.5. The second kappa shape index (κ2) is 8.42. The van der Waals surface area contributed by atoms with E-state index in [9.17, 15) is 9.90 Å². The third kappa shape index (κ3) is 4.60. The minimum atomic E-state index is -0.237. The molecule has 3 rings (SSSR count). The maximum atomic E-state index is 10.9. The van der Waals surface area contributed by atoms with Crippen molar-refractivity contribution in [2.75, 3.05) is 6.54 Å². The summed E-state index contributed by atoms with van der Waals surface area (Å²) in [5, 5.41) is 13.6. The second-order valence-corrected chi connectivity index (χ2v) is 8.74. The van der Waals surface area contributed by atoms with Gasteiger partial charge in [0, 0.05) is 30.9 Å². The molecule has 4 nitrogen and oxygen atoms in total. The van der Waals surface area contributed by atoms with Crippen LogP contribution in [0.1, 0.15) is 70.4 Å². The Morgan fingerprint density at radius 1 is 1.36 bits per heavy atom. The zero-order valence-electron chi connectivity index (χ0n) is 17.5. The molecule has 0 unspecified atom stereocenters. The molecule has 152 valence electrons. The summed E-state index contributed by atoms with van der Waals surface area (Å²) in [6.45, 7) is 8.76. The number of phenolic OH excluding ortho intramolecular Hbond substituents is 1. The van der Waals surface area contributed by atoms with Crippen LogP contribution in [-0.2, 0) is 11.2 Å². The molecular weight excluding hydrogens is 350 g/mol. The fourth-order valence-electron chi connectivity index (χ4n) is 4.56. The Bertz CT molecular complexity index is 791. The SMILES string of the molecule is CC(=O)NCCC/C=C\Cc1cc(O)c2c(c1)OC(C)(C)[C@@H]1CC=C(C)C[C@@H]21. The van der Waals surface area contributed by atoms with Gasteiger partial charge >= 0.3 is 0 Å². The number of aromatic hydroxyl groups is 1. The van der Waals surface area contributed by atoms with E-state index < -0.39 is 0 Å². The normalized spacial score (nSPS) is 22.8. The first kappa shape index (κ1) is 20.5. The highest BCUT2D eigenvalue weighted by Crippen LogP contribution is 2.54. The molecule has 4 heteroatoms. The van der Waals surface area contributed by atoms with Crippen molar-refractivity contribution in [1.29, 1.82) is 0 Å². The summed E-state index contributed by atoms with van der Waals surface area (Å²) in [5.74, 6) is 1.94. The lowest BCUT2D eigenvalue weighted by atomic mass is 9.67. The molecule has 2 atom stereocenters. The average Bonchev–Trinajstić information content (AvgIpc) is 2.59. The van der Waals surface area contributed by atoms with Gasteiger partial charge in [-0.3, -0.25) is 4.79 Å². The smallest absolute Gasteiger partial charge is 0.216 e. The molecule has 0 spiro atoms. The Balaban J connectivity index is 1.70.